The van der Waals surface area contributed by atoms with E-state index in [-0.39, 0.29) is 0 Å². The predicted octanol–water partition coefficient (Wildman–Crippen LogP) is 4.56. The molecule has 0 amide bonds. The van der Waals surface area contributed by atoms with E-state index < -0.39 is 0 Å². The average molecular weight is 180 g/mol. The Kier molecular flexibility index (Phi) is 2.62. The van der Waals surface area contributed by atoms with Crippen LogP contribution in [0.15, 0.2) is 11.1 Å². The lowest BCUT2D eigenvalue weighted by atomic mass is 9.63. The molecule has 76 valence electrons. The van der Waals surface area contributed by atoms with Crippen LogP contribution in [0.25, 0.3) is 0 Å². The molecule has 0 saturated heterocycles. The van der Waals surface area contributed by atoms with Crippen LogP contribution in [0.5, 0.6) is 0 Å². The first-order chi connectivity index (χ1) is 5.72. The molecular weight excluding hydrogens is 156 g/mol. The molecule has 0 atom stereocenters. The highest BCUT2D eigenvalue weighted by Crippen LogP contribution is 2.48. The van der Waals surface area contributed by atoms with Gasteiger partial charge in [-0.05, 0) is 43.9 Å². The fourth-order valence-corrected chi connectivity index (χ4v) is 2.99. The first-order valence-electron chi connectivity index (χ1n) is 5.37. The molecule has 1 aliphatic rings. The van der Waals surface area contributed by atoms with Crippen molar-refractivity contribution in [1.29, 1.82) is 0 Å². The number of allylic oxidation sites excluding steroid dienone is 2. The zero-order valence-corrected chi connectivity index (χ0v) is 10.1. The van der Waals surface area contributed by atoms with Gasteiger partial charge < -0.3 is 0 Å². The summed E-state index contributed by atoms with van der Waals surface area (Å²) in [6.07, 6.45) is 3.97. The molecule has 0 unspecified atom stereocenters. The minimum absolute atomic E-state index is 0.508. The Morgan fingerprint density at radius 2 is 1.31 bits per heavy atom. The maximum atomic E-state index is 2.40. The zero-order valence-electron chi connectivity index (χ0n) is 10.1. The summed E-state index contributed by atoms with van der Waals surface area (Å²) in [6.45, 7) is 14.1. The normalized spacial score (nSPS) is 25.8. The van der Waals surface area contributed by atoms with Crippen molar-refractivity contribution in [1.82, 2.24) is 0 Å². The highest BCUT2D eigenvalue weighted by atomic mass is 14.4. The van der Waals surface area contributed by atoms with E-state index in [1.807, 2.05) is 0 Å². The van der Waals surface area contributed by atoms with Gasteiger partial charge >= 0.3 is 0 Å². The van der Waals surface area contributed by atoms with Gasteiger partial charge in [0.2, 0.25) is 0 Å². The third-order valence-electron chi connectivity index (χ3n) is 3.05. The topological polar surface area (TPSA) is 0 Å². The van der Waals surface area contributed by atoms with Gasteiger partial charge in [0.05, 0.1) is 0 Å². The summed E-state index contributed by atoms with van der Waals surface area (Å²) in [5.41, 5.74) is 4.25. The van der Waals surface area contributed by atoms with E-state index in [2.05, 4.69) is 41.5 Å². The van der Waals surface area contributed by atoms with Gasteiger partial charge in [-0.15, -0.1) is 0 Å². The quantitative estimate of drug-likeness (QED) is 0.479. The molecule has 0 nitrogen and oxygen atoms in total. The maximum Gasteiger partial charge on any atom is -0.0266 e. The molecule has 1 fully saturated rings. The van der Waals surface area contributed by atoms with Crippen LogP contribution in [0.3, 0.4) is 0 Å². The highest BCUT2D eigenvalue weighted by Gasteiger charge is 2.35. The fraction of sp³-hybridized carbons (Fsp3) is 0.846. The smallest absolute Gasteiger partial charge is 0.0266 e. The Morgan fingerprint density at radius 1 is 0.923 bits per heavy atom. The Balaban J connectivity index is 2.91. The maximum absolute atomic E-state index is 2.40. The molecule has 1 saturated carbocycles. The summed E-state index contributed by atoms with van der Waals surface area (Å²) in [6, 6.07) is 0. The number of hydrogen-bond acceptors (Lipinski definition) is 0. The van der Waals surface area contributed by atoms with E-state index in [4.69, 9.17) is 0 Å². The Hall–Kier alpha value is -0.260. The van der Waals surface area contributed by atoms with E-state index in [0.717, 1.165) is 0 Å². The second kappa shape index (κ2) is 3.15. The summed E-state index contributed by atoms with van der Waals surface area (Å²) in [5.74, 6) is 0. The molecule has 0 heteroatoms. The van der Waals surface area contributed by atoms with Crippen molar-refractivity contribution < 1.29 is 0 Å². The van der Waals surface area contributed by atoms with Crippen LogP contribution in [0, 0.1) is 10.8 Å². The average Bonchev–Trinajstić information content (AvgIpc) is 1.79. The molecule has 0 heterocycles. The van der Waals surface area contributed by atoms with Crippen LogP contribution in [0.2, 0.25) is 0 Å². The molecule has 0 aromatic carbocycles. The van der Waals surface area contributed by atoms with Gasteiger partial charge in [-0.25, -0.2) is 0 Å². The Labute approximate surface area is 83.4 Å². The zero-order chi connectivity index (χ0) is 10.3. The van der Waals surface area contributed by atoms with Gasteiger partial charge in [-0.3, -0.25) is 0 Å². The molecule has 13 heavy (non-hydrogen) atoms. The number of hydrogen-bond donors (Lipinski definition) is 0. The lowest BCUT2D eigenvalue weighted by molar-refractivity contribution is 0.153. The molecule has 1 aliphatic carbocycles. The third kappa shape index (κ3) is 2.86. The van der Waals surface area contributed by atoms with Crippen LogP contribution in [0.1, 0.15) is 60.8 Å². The van der Waals surface area contributed by atoms with E-state index in [9.17, 15) is 0 Å². The van der Waals surface area contributed by atoms with E-state index in [0.29, 0.717) is 10.8 Å². The van der Waals surface area contributed by atoms with Gasteiger partial charge in [0, 0.05) is 0 Å². The lowest BCUT2D eigenvalue weighted by Gasteiger charge is -2.42. The minimum atomic E-state index is 0.508. The molecule has 0 bridgehead atoms. The molecular formula is C13H24. The van der Waals surface area contributed by atoms with Crippen molar-refractivity contribution in [3.05, 3.63) is 11.1 Å². The van der Waals surface area contributed by atoms with Gasteiger partial charge in [0.1, 0.15) is 0 Å². The first kappa shape index (κ1) is 10.8. The molecule has 0 aliphatic heterocycles. The van der Waals surface area contributed by atoms with E-state index in [1.165, 1.54) is 19.3 Å². The van der Waals surface area contributed by atoms with Crippen LogP contribution in [0.4, 0.5) is 0 Å². The highest BCUT2D eigenvalue weighted by molar-refractivity contribution is 5.17. The van der Waals surface area contributed by atoms with E-state index >= 15 is 0 Å². The summed E-state index contributed by atoms with van der Waals surface area (Å²) >= 11 is 0. The molecule has 0 aromatic heterocycles. The molecule has 1 rings (SSSR count). The second-order valence-corrected chi connectivity index (χ2v) is 6.46. The molecule has 0 N–H and O–H groups in total. The monoisotopic (exact) mass is 180 g/mol. The summed E-state index contributed by atoms with van der Waals surface area (Å²) in [4.78, 5) is 0. The van der Waals surface area contributed by atoms with Gasteiger partial charge in [0.25, 0.3) is 0 Å². The van der Waals surface area contributed by atoms with Crippen molar-refractivity contribution >= 4 is 0 Å². The standard InChI is InChI=1S/C13H24/c1-10(2)11-7-12(3,4)9-13(5,6)8-11/h7-9H2,1-6H3. The fourth-order valence-electron chi connectivity index (χ4n) is 2.99. The van der Waals surface area contributed by atoms with Crippen molar-refractivity contribution in [2.24, 2.45) is 10.8 Å². The molecule has 0 aromatic rings. The lowest BCUT2D eigenvalue weighted by Crippen LogP contribution is -2.30. The minimum Gasteiger partial charge on any atom is -0.0772 e. The van der Waals surface area contributed by atoms with Crippen molar-refractivity contribution in [2.45, 2.75) is 60.8 Å². The summed E-state index contributed by atoms with van der Waals surface area (Å²) in [5, 5.41) is 0. The second-order valence-electron chi connectivity index (χ2n) is 6.46. The van der Waals surface area contributed by atoms with E-state index in [1.54, 1.807) is 11.1 Å². The summed E-state index contributed by atoms with van der Waals surface area (Å²) in [7, 11) is 0. The summed E-state index contributed by atoms with van der Waals surface area (Å²) < 4.78 is 0. The first-order valence-corrected chi connectivity index (χ1v) is 5.37. The van der Waals surface area contributed by atoms with Crippen molar-refractivity contribution in [3.63, 3.8) is 0 Å². The largest absolute Gasteiger partial charge is 0.0772 e. The van der Waals surface area contributed by atoms with Gasteiger partial charge in [-0.1, -0.05) is 38.8 Å². The van der Waals surface area contributed by atoms with Crippen molar-refractivity contribution in [3.8, 4) is 0 Å². The molecule has 0 radical (unpaired) electrons. The van der Waals surface area contributed by atoms with Crippen molar-refractivity contribution in [2.75, 3.05) is 0 Å². The number of rotatable bonds is 0. The van der Waals surface area contributed by atoms with Crippen LogP contribution in [-0.4, -0.2) is 0 Å². The molecule has 0 spiro atoms. The van der Waals surface area contributed by atoms with Crippen LogP contribution < -0.4 is 0 Å². The SMILES string of the molecule is CC(C)=C1CC(C)(C)CC(C)(C)C1. The Morgan fingerprint density at radius 3 is 1.62 bits per heavy atom. The van der Waals surface area contributed by atoms with Gasteiger partial charge in [0.15, 0.2) is 0 Å². The van der Waals surface area contributed by atoms with Crippen LogP contribution in [-0.2, 0) is 0 Å². The Bertz CT molecular complexity index is 206. The third-order valence-corrected chi connectivity index (χ3v) is 3.05. The van der Waals surface area contributed by atoms with Gasteiger partial charge in [-0.2, -0.15) is 0 Å². The predicted molar refractivity (Wildman–Crippen MR) is 59.8 cm³/mol. The van der Waals surface area contributed by atoms with Crippen LogP contribution >= 0.6 is 0 Å².